The lowest BCUT2D eigenvalue weighted by atomic mass is 10.2. The average Bonchev–Trinajstić information content (AvgIpc) is 2.15. The van der Waals surface area contributed by atoms with Crippen molar-refractivity contribution >= 4 is 5.97 Å². The van der Waals surface area contributed by atoms with E-state index in [0.717, 1.165) is 19.4 Å². The summed E-state index contributed by atoms with van der Waals surface area (Å²) in [7, 11) is 0. The first-order valence-corrected chi connectivity index (χ1v) is 3.24. The third-order valence-electron chi connectivity index (χ3n) is 1.58. The van der Waals surface area contributed by atoms with Crippen LogP contribution in [0.2, 0.25) is 0 Å². The summed E-state index contributed by atoms with van der Waals surface area (Å²) in [6.45, 7) is 0.984. The number of carboxylic acid groups (broad SMARTS) is 1. The van der Waals surface area contributed by atoms with Gasteiger partial charge in [0, 0.05) is 7.47 Å². The molecule has 0 saturated carbocycles. The van der Waals surface area contributed by atoms with Gasteiger partial charge in [0.2, 0.25) is 0 Å². The molecule has 1 rings (SSSR count). The monoisotopic (exact) mass is 131 g/mol. The molecular formula is C6H13NO2. The normalized spacial score (nSPS) is 26.4. The van der Waals surface area contributed by atoms with E-state index in [0.29, 0.717) is 0 Å². The van der Waals surface area contributed by atoms with Gasteiger partial charge in [-0.1, -0.05) is 0 Å². The van der Waals surface area contributed by atoms with Crippen LogP contribution in [0.5, 0.6) is 0 Å². The molecule has 1 aliphatic rings. The molecule has 0 radical (unpaired) electrons. The maximum atomic E-state index is 10.1. The van der Waals surface area contributed by atoms with Crippen molar-refractivity contribution in [3.63, 3.8) is 0 Å². The van der Waals surface area contributed by atoms with Crippen molar-refractivity contribution in [3.05, 3.63) is 0 Å². The average molecular weight is 131 g/mol. The van der Waals surface area contributed by atoms with E-state index in [1.807, 2.05) is 0 Å². The molecule has 1 fully saturated rings. The zero-order valence-electron chi connectivity index (χ0n) is 5.26. The highest BCUT2D eigenvalue weighted by atomic mass is 16.4. The van der Waals surface area contributed by atoms with Crippen LogP contribution in [0.4, 0.5) is 0 Å². The lowest BCUT2D eigenvalue weighted by Gasteiger charge is -2.03. The SMILES string of the molecule is O=C(O)C[C@@H]1CCCN1.[HH]. The molecule has 1 heterocycles. The van der Waals surface area contributed by atoms with Crippen molar-refractivity contribution in [3.8, 4) is 0 Å². The smallest absolute Gasteiger partial charge is 0.304 e. The fourth-order valence-corrected chi connectivity index (χ4v) is 1.14. The number of aliphatic carboxylic acids is 1. The molecule has 0 amide bonds. The first kappa shape index (κ1) is 6.55. The van der Waals surface area contributed by atoms with E-state index in [4.69, 9.17) is 5.11 Å². The minimum atomic E-state index is -0.700. The molecule has 0 unspecified atom stereocenters. The van der Waals surface area contributed by atoms with Gasteiger partial charge in [0.1, 0.15) is 0 Å². The Hall–Kier alpha value is -0.570. The van der Waals surface area contributed by atoms with Gasteiger partial charge < -0.3 is 10.4 Å². The fourth-order valence-electron chi connectivity index (χ4n) is 1.14. The Morgan fingerprint density at radius 1 is 1.89 bits per heavy atom. The Morgan fingerprint density at radius 2 is 2.67 bits per heavy atom. The van der Waals surface area contributed by atoms with Crippen molar-refractivity contribution in [1.82, 2.24) is 5.32 Å². The predicted octanol–water partition coefficient (Wildman–Crippen LogP) is 0.459. The van der Waals surface area contributed by atoms with Crippen molar-refractivity contribution in [2.75, 3.05) is 6.54 Å². The van der Waals surface area contributed by atoms with Gasteiger partial charge in [0.25, 0.3) is 0 Å². The number of rotatable bonds is 2. The van der Waals surface area contributed by atoms with Crippen molar-refractivity contribution in [2.24, 2.45) is 0 Å². The minimum absolute atomic E-state index is 0. The first-order chi connectivity index (χ1) is 4.29. The zero-order chi connectivity index (χ0) is 6.69. The van der Waals surface area contributed by atoms with E-state index in [1.54, 1.807) is 0 Å². The first-order valence-electron chi connectivity index (χ1n) is 3.24. The van der Waals surface area contributed by atoms with Crippen molar-refractivity contribution in [2.45, 2.75) is 25.3 Å². The van der Waals surface area contributed by atoms with Gasteiger partial charge in [-0.05, 0) is 19.4 Å². The summed E-state index contributed by atoms with van der Waals surface area (Å²) in [5.41, 5.74) is 0. The number of hydrogen-bond acceptors (Lipinski definition) is 2. The molecule has 1 atom stereocenters. The van der Waals surface area contributed by atoms with Gasteiger partial charge in [-0.3, -0.25) is 4.79 Å². The molecule has 0 aromatic rings. The molecule has 1 saturated heterocycles. The van der Waals surface area contributed by atoms with Crippen LogP contribution in [0.15, 0.2) is 0 Å². The second kappa shape index (κ2) is 2.82. The van der Waals surface area contributed by atoms with Crippen LogP contribution < -0.4 is 5.32 Å². The van der Waals surface area contributed by atoms with E-state index >= 15 is 0 Å². The topological polar surface area (TPSA) is 49.3 Å². The fraction of sp³-hybridized carbons (Fsp3) is 0.833. The Bertz CT molecular complexity index is 112. The number of carboxylic acids is 1. The Labute approximate surface area is 55.5 Å². The Morgan fingerprint density at radius 3 is 3.11 bits per heavy atom. The summed E-state index contributed by atoms with van der Waals surface area (Å²) in [4.78, 5) is 10.1. The van der Waals surface area contributed by atoms with E-state index in [9.17, 15) is 4.79 Å². The summed E-state index contributed by atoms with van der Waals surface area (Å²) in [5, 5.41) is 11.4. The third-order valence-corrected chi connectivity index (χ3v) is 1.58. The molecule has 0 aromatic heterocycles. The van der Waals surface area contributed by atoms with Crippen LogP contribution in [0.25, 0.3) is 0 Å². The maximum Gasteiger partial charge on any atom is 0.304 e. The number of carbonyl (C=O) groups is 1. The third kappa shape index (κ3) is 2.01. The number of hydrogen-bond donors (Lipinski definition) is 2. The minimum Gasteiger partial charge on any atom is -0.481 e. The summed E-state index contributed by atoms with van der Waals surface area (Å²) < 4.78 is 0. The van der Waals surface area contributed by atoms with Crippen LogP contribution in [-0.4, -0.2) is 23.7 Å². The molecule has 0 spiro atoms. The Balaban J connectivity index is 0.000000810. The predicted molar refractivity (Wildman–Crippen MR) is 35.4 cm³/mol. The van der Waals surface area contributed by atoms with Crippen LogP contribution >= 0.6 is 0 Å². The van der Waals surface area contributed by atoms with Gasteiger partial charge in [0.15, 0.2) is 0 Å². The van der Waals surface area contributed by atoms with Crippen LogP contribution in [-0.2, 0) is 4.79 Å². The largest absolute Gasteiger partial charge is 0.481 e. The lowest BCUT2D eigenvalue weighted by molar-refractivity contribution is -0.137. The van der Waals surface area contributed by atoms with Gasteiger partial charge >= 0.3 is 5.97 Å². The molecule has 0 bridgehead atoms. The second-order valence-corrected chi connectivity index (χ2v) is 2.39. The molecule has 54 valence electrons. The standard InChI is InChI=1S/C6H11NO2.H2/c8-6(9)4-5-2-1-3-7-5;/h5,7H,1-4H2,(H,8,9);1H/t5-;/m0./s1. The molecule has 2 N–H and O–H groups in total. The molecule has 9 heavy (non-hydrogen) atoms. The summed E-state index contributed by atoms with van der Waals surface area (Å²) >= 11 is 0. The quantitative estimate of drug-likeness (QED) is 0.572. The maximum absolute atomic E-state index is 10.1. The molecule has 3 heteroatoms. The second-order valence-electron chi connectivity index (χ2n) is 2.39. The molecular weight excluding hydrogens is 118 g/mol. The van der Waals surface area contributed by atoms with Crippen molar-refractivity contribution in [1.29, 1.82) is 0 Å². The van der Waals surface area contributed by atoms with Gasteiger partial charge in [-0.25, -0.2) is 0 Å². The highest BCUT2D eigenvalue weighted by molar-refractivity contribution is 5.67. The van der Waals surface area contributed by atoms with E-state index in [2.05, 4.69) is 5.32 Å². The van der Waals surface area contributed by atoms with Crippen LogP contribution in [0.3, 0.4) is 0 Å². The molecule has 3 nitrogen and oxygen atoms in total. The van der Waals surface area contributed by atoms with E-state index < -0.39 is 5.97 Å². The summed E-state index contributed by atoms with van der Waals surface area (Å²) in [6.07, 6.45) is 2.42. The van der Waals surface area contributed by atoms with E-state index in [-0.39, 0.29) is 13.9 Å². The van der Waals surface area contributed by atoms with Gasteiger partial charge in [-0.2, -0.15) is 0 Å². The summed E-state index contributed by atoms with van der Waals surface area (Å²) in [5.74, 6) is -0.700. The highest BCUT2D eigenvalue weighted by Crippen LogP contribution is 2.07. The van der Waals surface area contributed by atoms with E-state index in [1.165, 1.54) is 0 Å². The lowest BCUT2D eigenvalue weighted by Crippen LogP contribution is -2.24. The molecule has 0 aliphatic carbocycles. The van der Waals surface area contributed by atoms with Gasteiger partial charge in [0.05, 0.1) is 6.42 Å². The molecule has 1 aliphatic heterocycles. The Kier molecular flexibility index (Phi) is 2.05. The number of nitrogens with one attached hydrogen (secondary N) is 1. The highest BCUT2D eigenvalue weighted by Gasteiger charge is 2.16. The van der Waals surface area contributed by atoms with Crippen LogP contribution in [0.1, 0.15) is 20.7 Å². The summed E-state index contributed by atoms with van der Waals surface area (Å²) in [6, 6.07) is 0.238. The molecule has 0 aromatic carbocycles. The zero-order valence-corrected chi connectivity index (χ0v) is 5.26. The van der Waals surface area contributed by atoms with Crippen LogP contribution in [0, 0.1) is 0 Å². The van der Waals surface area contributed by atoms with Gasteiger partial charge in [-0.15, -0.1) is 0 Å². The van der Waals surface area contributed by atoms with Crippen molar-refractivity contribution < 1.29 is 11.3 Å².